The van der Waals surface area contributed by atoms with E-state index in [4.69, 9.17) is 14.2 Å². The normalized spacial score (nSPS) is 26.9. The fraction of sp³-hybridized carbons (Fsp3) is 0.909. The van der Waals surface area contributed by atoms with E-state index in [9.17, 15) is 9.18 Å². The van der Waals surface area contributed by atoms with Crippen molar-refractivity contribution < 1.29 is 23.4 Å². The van der Waals surface area contributed by atoms with Gasteiger partial charge in [0, 0.05) is 19.8 Å². The Hall–Kier alpha value is -0.680. The van der Waals surface area contributed by atoms with Gasteiger partial charge in [-0.25, -0.2) is 4.39 Å². The number of rotatable bonds is 2. The highest BCUT2D eigenvalue weighted by Crippen LogP contribution is 2.42. The van der Waals surface area contributed by atoms with Crippen LogP contribution in [0.15, 0.2) is 0 Å². The Morgan fingerprint density at radius 2 is 1.81 bits per heavy atom. The van der Waals surface area contributed by atoms with Crippen molar-refractivity contribution in [3.63, 3.8) is 0 Å². The predicted molar refractivity (Wildman–Crippen MR) is 53.6 cm³/mol. The quantitative estimate of drug-likeness (QED) is 0.678. The molecular weight excluding hydrogens is 215 g/mol. The van der Waals surface area contributed by atoms with Crippen LogP contribution in [0, 0.1) is 0 Å². The summed E-state index contributed by atoms with van der Waals surface area (Å²) >= 11 is 0. The van der Waals surface area contributed by atoms with Gasteiger partial charge in [-0.3, -0.25) is 4.79 Å². The summed E-state index contributed by atoms with van der Waals surface area (Å²) in [6.45, 7) is 2.31. The maximum atomic E-state index is 14.2. The number of esters is 1. The fourth-order valence-corrected chi connectivity index (χ4v) is 2.24. The highest BCUT2D eigenvalue weighted by Gasteiger charge is 2.47. The van der Waals surface area contributed by atoms with Crippen LogP contribution in [0.25, 0.3) is 0 Å². The summed E-state index contributed by atoms with van der Waals surface area (Å²) in [7, 11) is 0. The van der Waals surface area contributed by atoms with Gasteiger partial charge in [0.05, 0.1) is 13.2 Å². The summed E-state index contributed by atoms with van der Waals surface area (Å²) in [4.78, 5) is 10.6. The monoisotopic (exact) mass is 232 g/mol. The van der Waals surface area contributed by atoms with Crippen LogP contribution in [-0.4, -0.2) is 37.2 Å². The van der Waals surface area contributed by atoms with Gasteiger partial charge in [0.1, 0.15) is 12.3 Å². The van der Waals surface area contributed by atoms with E-state index in [1.165, 1.54) is 6.92 Å². The van der Waals surface area contributed by atoms with Crippen molar-refractivity contribution in [2.24, 2.45) is 0 Å². The average Bonchev–Trinajstić information content (AvgIpc) is 2.70. The summed E-state index contributed by atoms with van der Waals surface area (Å²) < 4.78 is 29.9. The van der Waals surface area contributed by atoms with Gasteiger partial charge in [0.25, 0.3) is 0 Å². The van der Waals surface area contributed by atoms with Crippen LogP contribution in [0.1, 0.15) is 32.6 Å². The van der Waals surface area contributed by atoms with Crippen molar-refractivity contribution >= 4 is 5.97 Å². The van der Waals surface area contributed by atoms with E-state index < -0.39 is 17.4 Å². The molecule has 0 radical (unpaired) electrons. The van der Waals surface area contributed by atoms with Crippen molar-refractivity contribution in [3.05, 3.63) is 0 Å². The predicted octanol–water partition coefficient (Wildman–Crippen LogP) is 1.57. The van der Waals surface area contributed by atoms with E-state index in [1.54, 1.807) is 0 Å². The van der Waals surface area contributed by atoms with Crippen molar-refractivity contribution in [1.29, 1.82) is 0 Å². The van der Waals surface area contributed by atoms with E-state index >= 15 is 0 Å². The van der Waals surface area contributed by atoms with Crippen LogP contribution in [0.5, 0.6) is 0 Å². The Labute approximate surface area is 94.0 Å². The van der Waals surface area contributed by atoms with Crippen molar-refractivity contribution in [3.8, 4) is 0 Å². The van der Waals surface area contributed by atoms with E-state index in [0.717, 1.165) is 0 Å². The molecule has 16 heavy (non-hydrogen) atoms. The van der Waals surface area contributed by atoms with Crippen molar-refractivity contribution in [1.82, 2.24) is 0 Å². The first-order valence-electron chi connectivity index (χ1n) is 5.64. The molecule has 4 nitrogen and oxygen atoms in total. The number of carbonyl (C=O) groups excluding carboxylic acids is 1. The van der Waals surface area contributed by atoms with Crippen LogP contribution in [0.4, 0.5) is 4.39 Å². The minimum atomic E-state index is -1.41. The molecular formula is C11H17FO4. The minimum Gasteiger partial charge on any atom is -0.462 e. The molecule has 2 fully saturated rings. The maximum Gasteiger partial charge on any atom is 0.302 e. The largest absolute Gasteiger partial charge is 0.462 e. The molecule has 0 aromatic rings. The molecule has 1 aliphatic heterocycles. The SMILES string of the molecule is CC(=O)OCC1(F)CCC2(CC1)OCCO2. The lowest BCUT2D eigenvalue weighted by molar-refractivity contribution is -0.198. The van der Waals surface area contributed by atoms with Gasteiger partial charge in [-0.1, -0.05) is 0 Å². The van der Waals surface area contributed by atoms with Gasteiger partial charge in [0.2, 0.25) is 0 Å². The summed E-state index contributed by atoms with van der Waals surface area (Å²) in [6.07, 6.45) is 1.70. The third-order valence-corrected chi connectivity index (χ3v) is 3.26. The zero-order chi connectivity index (χ0) is 11.6. The van der Waals surface area contributed by atoms with Crippen LogP contribution in [-0.2, 0) is 19.0 Å². The lowest BCUT2D eigenvalue weighted by Gasteiger charge is -2.38. The molecule has 0 aromatic carbocycles. The molecule has 92 valence electrons. The first kappa shape index (κ1) is 11.8. The molecule has 0 atom stereocenters. The van der Waals surface area contributed by atoms with Crippen molar-refractivity contribution in [2.75, 3.05) is 19.8 Å². The van der Waals surface area contributed by atoms with E-state index in [1.807, 2.05) is 0 Å². The molecule has 1 aliphatic carbocycles. The Kier molecular flexibility index (Phi) is 3.17. The summed E-state index contributed by atoms with van der Waals surface area (Å²) in [5.74, 6) is -1.00. The molecule has 2 aliphatic rings. The highest BCUT2D eigenvalue weighted by atomic mass is 19.1. The Bertz CT molecular complexity index is 263. The van der Waals surface area contributed by atoms with Gasteiger partial charge in [-0.05, 0) is 12.8 Å². The molecule has 0 aromatic heterocycles. The molecule has 5 heteroatoms. The molecule has 2 rings (SSSR count). The number of hydrogen-bond donors (Lipinski definition) is 0. The lowest BCUT2D eigenvalue weighted by Crippen LogP contribution is -2.43. The molecule has 0 N–H and O–H groups in total. The first-order chi connectivity index (χ1) is 7.54. The fourth-order valence-electron chi connectivity index (χ4n) is 2.24. The summed E-state index contributed by atoms with van der Waals surface area (Å²) in [5.41, 5.74) is -1.41. The van der Waals surface area contributed by atoms with Gasteiger partial charge >= 0.3 is 5.97 Å². The van der Waals surface area contributed by atoms with Gasteiger partial charge in [-0.2, -0.15) is 0 Å². The molecule has 1 spiro atoms. The van der Waals surface area contributed by atoms with E-state index in [-0.39, 0.29) is 6.61 Å². The third kappa shape index (κ3) is 2.52. The number of halogens is 1. The zero-order valence-electron chi connectivity index (χ0n) is 9.46. The molecule has 1 saturated carbocycles. The van der Waals surface area contributed by atoms with Gasteiger partial charge in [0.15, 0.2) is 5.79 Å². The summed E-state index contributed by atoms with van der Waals surface area (Å²) in [5, 5.41) is 0. The van der Waals surface area contributed by atoms with Crippen LogP contribution < -0.4 is 0 Å². The molecule has 1 heterocycles. The molecule has 0 unspecified atom stereocenters. The smallest absolute Gasteiger partial charge is 0.302 e. The summed E-state index contributed by atoms with van der Waals surface area (Å²) in [6, 6.07) is 0. The Balaban J connectivity index is 1.85. The lowest BCUT2D eigenvalue weighted by atomic mass is 9.83. The number of hydrogen-bond acceptors (Lipinski definition) is 4. The maximum absolute atomic E-state index is 14.2. The van der Waals surface area contributed by atoms with Crippen LogP contribution in [0.3, 0.4) is 0 Å². The molecule has 1 saturated heterocycles. The number of alkyl halides is 1. The van der Waals surface area contributed by atoms with Crippen LogP contribution in [0.2, 0.25) is 0 Å². The van der Waals surface area contributed by atoms with E-state index in [0.29, 0.717) is 38.9 Å². The zero-order valence-corrected chi connectivity index (χ0v) is 9.46. The van der Waals surface area contributed by atoms with E-state index in [2.05, 4.69) is 0 Å². The highest BCUT2D eigenvalue weighted by molar-refractivity contribution is 5.65. The van der Waals surface area contributed by atoms with Gasteiger partial charge in [-0.15, -0.1) is 0 Å². The number of ether oxygens (including phenoxy) is 3. The van der Waals surface area contributed by atoms with Crippen LogP contribution >= 0.6 is 0 Å². The van der Waals surface area contributed by atoms with Gasteiger partial charge < -0.3 is 14.2 Å². The Morgan fingerprint density at radius 1 is 1.25 bits per heavy atom. The minimum absolute atomic E-state index is 0.154. The molecule has 0 amide bonds. The average molecular weight is 232 g/mol. The second-order valence-corrected chi connectivity index (χ2v) is 4.54. The molecule has 0 bridgehead atoms. The Morgan fingerprint density at radius 3 is 2.31 bits per heavy atom. The topological polar surface area (TPSA) is 44.8 Å². The third-order valence-electron chi connectivity index (χ3n) is 3.26. The number of carbonyl (C=O) groups is 1. The van der Waals surface area contributed by atoms with Crippen molar-refractivity contribution in [2.45, 2.75) is 44.1 Å². The first-order valence-corrected chi connectivity index (χ1v) is 5.64. The standard InChI is InChI=1S/C11H17FO4/c1-9(13)14-8-10(12)2-4-11(5-3-10)15-6-7-16-11/h2-8H2,1H3. The second-order valence-electron chi connectivity index (χ2n) is 4.54. The second kappa shape index (κ2) is 4.30.